The Morgan fingerprint density at radius 1 is 0.794 bits per heavy atom. The molecule has 0 heterocycles. The molecule has 0 amide bonds. The van der Waals surface area contributed by atoms with E-state index in [-0.39, 0.29) is 16.4 Å². The van der Waals surface area contributed by atoms with Crippen LogP contribution in [0.4, 0.5) is 0 Å². The maximum atomic E-state index is 11.2. The predicted molar refractivity (Wildman–Crippen MR) is 119 cm³/mol. The van der Waals surface area contributed by atoms with Crippen molar-refractivity contribution >= 4 is 22.1 Å². The van der Waals surface area contributed by atoms with Crippen molar-refractivity contribution in [3.8, 4) is 17.2 Å². The van der Waals surface area contributed by atoms with Crippen LogP contribution in [-0.4, -0.2) is 32.0 Å². The fourth-order valence-corrected chi connectivity index (χ4v) is 5.18. The smallest absolute Gasteiger partial charge is 0.358 e. The molecular formula is C24H23IO8S. The first-order chi connectivity index (χ1) is 16.0. The van der Waals surface area contributed by atoms with Crippen LogP contribution >= 0.6 is 0 Å². The maximum Gasteiger partial charge on any atom is 0.358 e. The van der Waals surface area contributed by atoms with Gasteiger partial charge in [-0.15, -0.1) is 0 Å². The minimum atomic E-state index is -4.27. The zero-order valence-electron chi connectivity index (χ0n) is 18.9. The van der Waals surface area contributed by atoms with E-state index < -0.39 is 43.3 Å². The number of benzene rings is 3. The highest BCUT2D eigenvalue weighted by molar-refractivity contribution is 7.85. The monoisotopic (exact) mass is 598 g/mol. The van der Waals surface area contributed by atoms with Gasteiger partial charge < -0.3 is 18.8 Å². The molecule has 3 rings (SSSR count). The Kier molecular flexibility index (Phi) is 10.0. The number of carbonyl (C=O) groups is 2. The molecule has 0 saturated heterocycles. The van der Waals surface area contributed by atoms with Crippen molar-refractivity contribution < 1.29 is 58.0 Å². The van der Waals surface area contributed by atoms with Crippen LogP contribution in [0.1, 0.15) is 19.4 Å². The standard InChI is InChI=1S/C17H16IO5.C7H8O3S/c1-11(19)22-16-9-6-14(10-17(16)23-12(2)20)18-13-4-7-15(21-3)8-5-13;1-6-2-4-7(5-3-6)11(8,9)10/h4-10H,1-3H3;2-5H,1H3,(H,8,9,10)/q+1;/p-1. The molecule has 0 aliphatic carbocycles. The van der Waals surface area contributed by atoms with Crippen molar-refractivity contribution in [1.29, 1.82) is 0 Å². The topological polar surface area (TPSA) is 119 Å². The molecular weight excluding hydrogens is 575 g/mol. The number of methoxy groups -OCH3 is 1. The summed E-state index contributed by atoms with van der Waals surface area (Å²) in [6.07, 6.45) is 0. The molecule has 0 unspecified atom stereocenters. The molecule has 3 aromatic carbocycles. The predicted octanol–water partition coefficient (Wildman–Crippen LogP) is 0.573. The summed E-state index contributed by atoms with van der Waals surface area (Å²) < 4.78 is 48.7. The van der Waals surface area contributed by atoms with Gasteiger partial charge in [0.15, 0.2) is 18.6 Å². The first-order valence-corrected chi connectivity index (χ1v) is 13.4. The van der Waals surface area contributed by atoms with E-state index in [9.17, 15) is 22.6 Å². The van der Waals surface area contributed by atoms with Gasteiger partial charge in [-0.25, -0.2) is 8.42 Å². The minimum Gasteiger partial charge on any atom is -0.744 e. The quantitative estimate of drug-likeness (QED) is 0.175. The molecule has 8 nitrogen and oxygen atoms in total. The van der Waals surface area contributed by atoms with E-state index in [0.717, 1.165) is 14.9 Å². The number of halogens is 1. The lowest BCUT2D eigenvalue weighted by Gasteiger charge is -2.07. The molecule has 0 spiro atoms. The fourth-order valence-electron chi connectivity index (χ4n) is 2.48. The summed E-state index contributed by atoms with van der Waals surface area (Å²) in [7, 11) is -2.64. The molecule has 3 aromatic rings. The highest BCUT2D eigenvalue weighted by atomic mass is 127. The number of rotatable bonds is 6. The van der Waals surface area contributed by atoms with E-state index in [1.807, 2.05) is 37.3 Å². The third-order valence-electron chi connectivity index (χ3n) is 3.99. The summed E-state index contributed by atoms with van der Waals surface area (Å²) in [6.45, 7) is 4.43. The second kappa shape index (κ2) is 12.5. The number of ether oxygens (including phenoxy) is 3. The van der Waals surface area contributed by atoms with Crippen LogP contribution in [0.3, 0.4) is 0 Å². The van der Waals surface area contributed by atoms with Gasteiger partial charge in [-0.2, -0.15) is 0 Å². The Labute approximate surface area is 208 Å². The van der Waals surface area contributed by atoms with Crippen molar-refractivity contribution in [3.05, 3.63) is 79.4 Å². The number of hydrogen-bond acceptors (Lipinski definition) is 8. The van der Waals surface area contributed by atoms with Crippen LogP contribution in [0, 0.1) is 14.1 Å². The van der Waals surface area contributed by atoms with Crippen molar-refractivity contribution in [3.63, 3.8) is 0 Å². The van der Waals surface area contributed by atoms with E-state index in [0.29, 0.717) is 0 Å². The number of esters is 2. The van der Waals surface area contributed by atoms with Gasteiger partial charge >= 0.3 is 33.1 Å². The molecule has 10 heteroatoms. The van der Waals surface area contributed by atoms with Crippen molar-refractivity contribution in [1.82, 2.24) is 0 Å². The van der Waals surface area contributed by atoms with Gasteiger partial charge in [0.1, 0.15) is 15.9 Å². The van der Waals surface area contributed by atoms with Crippen LogP contribution in [0.25, 0.3) is 0 Å². The lowest BCUT2D eigenvalue weighted by Crippen LogP contribution is -3.61. The Morgan fingerprint density at radius 3 is 1.82 bits per heavy atom. The van der Waals surface area contributed by atoms with E-state index in [1.165, 1.54) is 29.6 Å². The number of carbonyl (C=O) groups excluding carboxylic acids is 2. The summed E-state index contributed by atoms with van der Waals surface area (Å²) in [4.78, 5) is 22.2. The lowest BCUT2D eigenvalue weighted by molar-refractivity contribution is -0.597. The van der Waals surface area contributed by atoms with Gasteiger partial charge in [0, 0.05) is 19.9 Å². The zero-order chi connectivity index (χ0) is 25.3. The normalized spacial score (nSPS) is 10.5. The maximum absolute atomic E-state index is 11.2. The molecule has 34 heavy (non-hydrogen) atoms. The lowest BCUT2D eigenvalue weighted by atomic mass is 10.2. The molecule has 0 N–H and O–H groups in total. The highest BCUT2D eigenvalue weighted by Gasteiger charge is 2.20. The van der Waals surface area contributed by atoms with Crippen LogP contribution < -0.4 is 35.4 Å². The molecule has 0 atom stereocenters. The zero-order valence-corrected chi connectivity index (χ0v) is 21.9. The number of aryl methyl sites for hydroxylation is 1. The van der Waals surface area contributed by atoms with Gasteiger partial charge in [-0.1, -0.05) is 17.7 Å². The summed E-state index contributed by atoms with van der Waals surface area (Å²) in [6, 6.07) is 18.9. The van der Waals surface area contributed by atoms with Crippen LogP contribution in [0.2, 0.25) is 0 Å². The first kappa shape index (κ1) is 27.3. The van der Waals surface area contributed by atoms with Crippen LogP contribution in [0.5, 0.6) is 17.2 Å². The third-order valence-corrected chi connectivity index (χ3v) is 7.48. The Hall–Kier alpha value is -2.96. The molecule has 0 aromatic heterocycles. The van der Waals surface area contributed by atoms with E-state index in [4.69, 9.17) is 14.2 Å². The Morgan fingerprint density at radius 2 is 1.32 bits per heavy atom. The van der Waals surface area contributed by atoms with Crippen LogP contribution in [0.15, 0.2) is 71.6 Å². The Balaban J connectivity index is 0.000000310. The molecule has 180 valence electrons. The highest BCUT2D eigenvalue weighted by Crippen LogP contribution is 2.26. The SMILES string of the molecule is COc1ccc([I+]c2ccc(OC(C)=O)c(OC(C)=O)c2)cc1.Cc1ccc(S(=O)(=O)[O-])cc1. The van der Waals surface area contributed by atoms with Gasteiger partial charge in [-0.3, -0.25) is 9.59 Å². The summed E-state index contributed by atoms with van der Waals surface area (Å²) >= 11 is -0.453. The van der Waals surface area contributed by atoms with Crippen molar-refractivity contribution in [2.45, 2.75) is 25.7 Å². The first-order valence-electron chi connectivity index (χ1n) is 9.80. The third kappa shape index (κ3) is 9.12. The second-order valence-corrected chi connectivity index (χ2v) is 11.2. The molecule has 0 aliphatic heterocycles. The average molecular weight is 598 g/mol. The van der Waals surface area contributed by atoms with Crippen molar-refractivity contribution in [2.75, 3.05) is 7.11 Å². The van der Waals surface area contributed by atoms with Gasteiger partial charge in [-0.05, 0) is 55.5 Å². The van der Waals surface area contributed by atoms with E-state index >= 15 is 0 Å². The summed E-state index contributed by atoms with van der Waals surface area (Å²) in [5.41, 5.74) is 0.928. The van der Waals surface area contributed by atoms with Gasteiger partial charge in [0.05, 0.1) is 12.0 Å². The molecule has 0 fully saturated rings. The van der Waals surface area contributed by atoms with Crippen LogP contribution in [-0.2, 0) is 19.7 Å². The fraction of sp³-hybridized carbons (Fsp3) is 0.167. The molecule has 0 saturated carbocycles. The minimum absolute atomic E-state index is 0.178. The van der Waals surface area contributed by atoms with E-state index in [2.05, 4.69) is 0 Å². The summed E-state index contributed by atoms with van der Waals surface area (Å²) in [5, 5.41) is 0. The van der Waals surface area contributed by atoms with Gasteiger partial charge in [0.25, 0.3) is 0 Å². The molecule has 0 bridgehead atoms. The largest absolute Gasteiger partial charge is 0.744 e. The second-order valence-electron chi connectivity index (χ2n) is 6.80. The number of hydrogen-bond donors (Lipinski definition) is 0. The summed E-state index contributed by atoms with van der Waals surface area (Å²) in [5.74, 6) is 0.395. The van der Waals surface area contributed by atoms with E-state index in [1.54, 1.807) is 31.4 Å². The molecule has 0 aliphatic rings. The van der Waals surface area contributed by atoms with Gasteiger partial charge in [0.2, 0.25) is 0 Å². The average Bonchev–Trinajstić information content (AvgIpc) is 2.75. The Bertz CT molecular complexity index is 1240. The molecule has 0 radical (unpaired) electrons. The van der Waals surface area contributed by atoms with Crippen molar-refractivity contribution in [2.24, 2.45) is 0 Å².